The van der Waals surface area contributed by atoms with Gasteiger partial charge in [-0.3, -0.25) is 19.5 Å². The number of pyridine rings is 1. The molecule has 0 spiro atoms. The number of nitrogens with zero attached hydrogens (tertiary/aromatic N) is 4. The molecule has 2 amide bonds. The highest BCUT2D eigenvalue weighted by atomic mass is 32.3. The molecular formula is C28H35N8O10S2+. The lowest BCUT2D eigenvalue weighted by Gasteiger charge is -2.50. The minimum absolute atomic E-state index is 0.0546. The zero-order chi connectivity index (χ0) is 35.4. The zero-order valence-corrected chi connectivity index (χ0v) is 27.9. The molecule has 258 valence electrons. The Bertz CT molecular complexity index is 1830. The molecule has 0 saturated carbocycles. The van der Waals surface area contributed by atoms with E-state index in [9.17, 15) is 27.9 Å². The molecule has 0 bridgehead atoms. The van der Waals surface area contributed by atoms with Crippen molar-refractivity contribution in [2.75, 3.05) is 30.7 Å². The van der Waals surface area contributed by atoms with Crippen molar-refractivity contribution in [3.8, 4) is 16.9 Å². The van der Waals surface area contributed by atoms with Crippen LogP contribution in [0, 0.1) is 0 Å². The Hall–Kier alpha value is -4.89. The summed E-state index contributed by atoms with van der Waals surface area (Å²) in [5.41, 5.74) is 8.91. The highest BCUT2D eigenvalue weighted by Gasteiger charge is 2.58. The summed E-state index contributed by atoms with van der Waals surface area (Å²) >= 11 is 0.957. The van der Waals surface area contributed by atoms with Gasteiger partial charge in [-0.05, 0) is 44.5 Å². The summed E-state index contributed by atoms with van der Waals surface area (Å²) < 4.78 is 43.2. The molecule has 1 aromatic carbocycles. The van der Waals surface area contributed by atoms with Gasteiger partial charge in [0.05, 0.1) is 25.3 Å². The number of aromatic nitrogens is 2. The van der Waals surface area contributed by atoms with Gasteiger partial charge in [-0.25, -0.2) is 14.3 Å². The predicted octanol–water partition coefficient (Wildman–Crippen LogP) is 0.0704. The van der Waals surface area contributed by atoms with E-state index in [0.717, 1.165) is 28.3 Å². The number of β-lactam (4-membered cyclic amide) rings is 1. The molecule has 1 aliphatic heterocycles. The first-order valence-corrected chi connectivity index (χ1v) is 16.4. The van der Waals surface area contributed by atoms with Gasteiger partial charge in [0.15, 0.2) is 10.8 Å². The number of nitrogens with two attached hydrogens (primary N) is 2. The zero-order valence-electron chi connectivity index (χ0n) is 26.2. The number of anilines is 2. The summed E-state index contributed by atoms with van der Waals surface area (Å²) in [7, 11) is -3.12. The minimum Gasteiger partial charge on any atom is -0.489 e. The third kappa shape index (κ3) is 8.15. The number of nitrogen functional groups attached to an aromatic ring is 1. The smallest absolute Gasteiger partial charge is 0.418 e. The monoisotopic (exact) mass is 707 g/mol. The van der Waals surface area contributed by atoms with Crippen molar-refractivity contribution in [2.24, 2.45) is 17.9 Å². The number of carbonyl (C=O) groups is 3. The van der Waals surface area contributed by atoms with Gasteiger partial charge < -0.3 is 31.5 Å². The quantitative estimate of drug-likeness (QED) is 0.0402. The van der Waals surface area contributed by atoms with Crippen molar-refractivity contribution in [1.29, 1.82) is 0 Å². The summed E-state index contributed by atoms with van der Waals surface area (Å²) in [5, 5.41) is 21.2. The topological polar surface area (TPSA) is 262 Å². The number of hydrogen-bond donors (Lipinski definition) is 6. The van der Waals surface area contributed by atoms with Crippen LogP contribution < -0.4 is 31.4 Å². The summed E-state index contributed by atoms with van der Waals surface area (Å²) in [5.74, 6) is -2.26. The fraction of sp³-hybridized carbons (Fsp3) is 0.357. The van der Waals surface area contributed by atoms with Gasteiger partial charge in [0.2, 0.25) is 0 Å². The van der Waals surface area contributed by atoms with Gasteiger partial charge in [0.25, 0.3) is 23.2 Å². The molecule has 0 radical (unpaired) electrons. The van der Waals surface area contributed by atoms with Crippen molar-refractivity contribution in [3.63, 3.8) is 0 Å². The van der Waals surface area contributed by atoms with Crippen molar-refractivity contribution in [1.82, 2.24) is 15.4 Å². The number of thiazole rings is 1. The molecular weight excluding hydrogens is 672 g/mol. The van der Waals surface area contributed by atoms with Crippen molar-refractivity contribution < 1.29 is 50.9 Å². The van der Waals surface area contributed by atoms with Crippen LogP contribution in [0.5, 0.6) is 5.75 Å². The van der Waals surface area contributed by atoms with E-state index in [2.05, 4.69) is 25.1 Å². The fourth-order valence-corrected chi connectivity index (χ4v) is 5.42. The van der Waals surface area contributed by atoms with Crippen LogP contribution in [0.15, 0.2) is 53.1 Å². The van der Waals surface area contributed by atoms with E-state index in [-0.39, 0.29) is 10.8 Å². The van der Waals surface area contributed by atoms with Crippen LogP contribution in [-0.4, -0.2) is 88.5 Å². The summed E-state index contributed by atoms with van der Waals surface area (Å²) in [6, 6.07) is 9.45. The highest BCUT2D eigenvalue weighted by molar-refractivity contribution is 7.80. The van der Waals surface area contributed by atoms with Gasteiger partial charge in [-0.1, -0.05) is 17.3 Å². The molecule has 3 aromatic rings. The summed E-state index contributed by atoms with van der Waals surface area (Å²) in [4.78, 5) is 47.5. The maximum absolute atomic E-state index is 13.3. The van der Waals surface area contributed by atoms with E-state index in [4.69, 9.17) is 25.6 Å². The Morgan fingerprint density at radius 3 is 2.42 bits per heavy atom. The number of rotatable bonds is 15. The molecule has 1 aliphatic rings. The fourth-order valence-electron chi connectivity index (χ4n) is 4.42. The predicted molar refractivity (Wildman–Crippen MR) is 172 cm³/mol. The van der Waals surface area contributed by atoms with E-state index >= 15 is 0 Å². The van der Waals surface area contributed by atoms with Crippen molar-refractivity contribution in [3.05, 3.63) is 53.7 Å². The number of hydrogen-bond acceptors (Lipinski definition) is 14. The van der Waals surface area contributed by atoms with Crippen LogP contribution in [0.1, 0.15) is 26.5 Å². The molecule has 0 unspecified atom stereocenters. The first-order chi connectivity index (χ1) is 22.4. The number of carboxylic acid groups (broad SMARTS) is 1. The number of carbonyl (C=O) groups excluding carboxylic acids is 2. The number of benzene rings is 1. The molecule has 48 heavy (non-hydrogen) atoms. The lowest BCUT2D eigenvalue weighted by atomic mass is 9.84. The van der Waals surface area contributed by atoms with Crippen LogP contribution >= 0.6 is 11.3 Å². The van der Waals surface area contributed by atoms with Crippen LogP contribution in [0.25, 0.3) is 11.1 Å². The number of nitrogens with one attached hydrogen (secondary N) is 2. The van der Waals surface area contributed by atoms with Crippen molar-refractivity contribution in [2.45, 2.75) is 38.0 Å². The lowest BCUT2D eigenvalue weighted by Crippen LogP contribution is -2.76. The third-order valence-electron chi connectivity index (χ3n) is 7.18. The molecule has 2 atom stereocenters. The first kappa shape index (κ1) is 36.0. The second-order valence-corrected chi connectivity index (χ2v) is 13.2. The second-order valence-electron chi connectivity index (χ2n) is 11.3. The normalized spacial score (nSPS) is 17.2. The summed E-state index contributed by atoms with van der Waals surface area (Å²) in [6.07, 6.45) is 1.94. The van der Waals surface area contributed by atoms with Crippen LogP contribution in [0.3, 0.4) is 0 Å². The Labute approximate surface area is 279 Å². The molecule has 2 aromatic heterocycles. The molecule has 8 N–H and O–H groups in total. The average molecular weight is 708 g/mol. The molecule has 18 nitrogen and oxygen atoms in total. The van der Waals surface area contributed by atoms with E-state index in [0.29, 0.717) is 23.9 Å². The Balaban J connectivity index is 1.48. The van der Waals surface area contributed by atoms with Crippen molar-refractivity contribution >= 4 is 56.2 Å². The van der Waals surface area contributed by atoms with Gasteiger partial charge in [-0.2, -0.15) is 13.5 Å². The second kappa shape index (κ2) is 14.1. The van der Waals surface area contributed by atoms with E-state index in [1.165, 1.54) is 26.2 Å². The first-order valence-electron chi connectivity index (χ1n) is 14.1. The largest absolute Gasteiger partial charge is 0.489 e. The van der Waals surface area contributed by atoms with Gasteiger partial charge in [-0.15, -0.1) is 15.6 Å². The number of carboxylic acids is 1. The molecule has 20 heteroatoms. The third-order valence-corrected chi connectivity index (χ3v) is 8.19. The van der Waals surface area contributed by atoms with Crippen LogP contribution in [-0.2, 0) is 41.0 Å². The van der Waals surface area contributed by atoms with Gasteiger partial charge in [0, 0.05) is 23.6 Å². The number of aliphatic carboxylic acids is 1. The van der Waals surface area contributed by atoms with Gasteiger partial charge in [0.1, 0.15) is 24.1 Å². The van der Waals surface area contributed by atoms with E-state index in [1.807, 2.05) is 29.9 Å². The Morgan fingerprint density at radius 2 is 1.88 bits per heavy atom. The van der Waals surface area contributed by atoms with E-state index in [1.54, 1.807) is 24.3 Å². The molecule has 1 saturated heterocycles. The molecule has 1 fully saturated rings. The number of hydroxylamine groups is 2. The van der Waals surface area contributed by atoms with E-state index < -0.39 is 57.7 Å². The number of amides is 2. The Kier molecular flexibility index (Phi) is 10.5. The molecule has 4 rings (SSSR count). The maximum atomic E-state index is 13.3. The minimum atomic E-state index is -5.02. The van der Waals surface area contributed by atoms with Crippen LogP contribution in [0.4, 0.5) is 10.9 Å². The average Bonchev–Trinajstić information content (AvgIpc) is 3.46. The number of ether oxygens (including phenoxy) is 1. The maximum Gasteiger partial charge on any atom is 0.418 e. The molecule has 3 heterocycles. The standard InChI is InChI=1S/C28H34N8O10S2/c1-27(2)22(24(38)36(27)46-48(41,42)43)33-23(37)21(19-14-47-26(30)32-19)34-45-28(3,25(39)40)15-44-18-8-5-16(6-9-18)17-7-10-20(31-12-11-29)35(4)13-17/h5-10,13-14,22H,11-12,15,29H2,1-4H3,(H5,30,32,33,37,39,40,41,42,43)/p+1/b34-21-/t22-,28+/m1/s1. The highest BCUT2D eigenvalue weighted by Crippen LogP contribution is 2.33. The Morgan fingerprint density at radius 1 is 1.21 bits per heavy atom. The SMILES string of the molecule is C[n+]1cc(-c2ccc(OC[C@](C)(O/N=C(\C(=O)N[C@@H]3C(=O)N(OS(=O)(=O)O)C3(C)C)c3csc(N)n3)C(=O)O)cc2)ccc1NCCN. The van der Waals surface area contributed by atoms with Crippen LogP contribution in [0.2, 0.25) is 0 Å². The number of oxime groups is 1. The number of aryl methyl sites for hydroxylation is 1. The lowest BCUT2D eigenvalue weighted by molar-refractivity contribution is -0.656. The summed E-state index contributed by atoms with van der Waals surface area (Å²) in [6.45, 7) is 4.50. The van der Waals surface area contributed by atoms with Gasteiger partial charge >= 0.3 is 16.4 Å². The molecule has 0 aliphatic carbocycles.